The summed E-state index contributed by atoms with van der Waals surface area (Å²) in [5.41, 5.74) is 3.62. The summed E-state index contributed by atoms with van der Waals surface area (Å²) in [4.78, 5) is 35.5. The van der Waals surface area contributed by atoms with Gasteiger partial charge in [-0.2, -0.15) is 0 Å². The van der Waals surface area contributed by atoms with Crippen molar-refractivity contribution in [2.75, 3.05) is 0 Å². The zero-order valence-electron chi connectivity index (χ0n) is 15.0. The molecule has 5 nitrogen and oxygen atoms in total. The molecule has 1 aliphatic rings. The Bertz CT molecular complexity index is 1130. The first-order valence-corrected chi connectivity index (χ1v) is 9.18. The van der Waals surface area contributed by atoms with Crippen molar-refractivity contribution in [2.45, 2.75) is 12.5 Å². The van der Waals surface area contributed by atoms with E-state index in [1.165, 1.54) is 4.90 Å². The van der Waals surface area contributed by atoms with Crippen molar-refractivity contribution < 1.29 is 9.59 Å². The van der Waals surface area contributed by atoms with Gasteiger partial charge >= 0.3 is 0 Å². The molecule has 0 fully saturated rings. The molecule has 5 heteroatoms. The average molecular weight is 367 g/mol. The summed E-state index contributed by atoms with van der Waals surface area (Å²) in [5, 5.41) is 0. The average Bonchev–Trinajstić information content (AvgIpc) is 3.27. The molecule has 0 saturated carbocycles. The number of nitrogens with zero attached hydrogens (tertiary/aromatic N) is 2. The number of nitrogens with one attached hydrogen (secondary N) is 1. The fraction of sp³-hybridized carbons (Fsp3) is 0.0870. The molecular formula is C23H17N3O2. The lowest BCUT2D eigenvalue weighted by Crippen LogP contribution is -2.36. The SMILES string of the molecule is O=C1c2ccccc2C(=O)N1[C@@H](Cc1ccccc1)c1nc2ccccc2[nH]1. The summed E-state index contributed by atoms with van der Waals surface area (Å²) in [7, 11) is 0. The zero-order valence-corrected chi connectivity index (χ0v) is 15.0. The summed E-state index contributed by atoms with van der Waals surface area (Å²) in [6.07, 6.45) is 0.492. The summed E-state index contributed by atoms with van der Waals surface area (Å²) < 4.78 is 0. The highest BCUT2D eigenvalue weighted by Gasteiger charge is 2.41. The molecule has 3 aromatic carbocycles. The van der Waals surface area contributed by atoms with Crippen LogP contribution < -0.4 is 0 Å². The molecule has 0 radical (unpaired) electrons. The van der Waals surface area contributed by atoms with E-state index in [9.17, 15) is 9.59 Å². The predicted octanol–water partition coefficient (Wildman–Crippen LogP) is 4.14. The molecule has 0 aliphatic carbocycles. The minimum Gasteiger partial charge on any atom is -0.340 e. The third kappa shape index (κ3) is 2.60. The van der Waals surface area contributed by atoms with Gasteiger partial charge < -0.3 is 4.98 Å². The molecule has 0 bridgehead atoms. The first-order valence-electron chi connectivity index (χ1n) is 9.18. The Labute approximate surface area is 161 Å². The number of benzene rings is 3. The van der Waals surface area contributed by atoms with Gasteiger partial charge in [0, 0.05) is 6.42 Å². The molecule has 1 aromatic heterocycles. The van der Waals surface area contributed by atoms with Crippen LogP contribution in [0.5, 0.6) is 0 Å². The summed E-state index contributed by atoms with van der Waals surface area (Å²) in [5.74, 6) is 0.0588. The van der Waals surface area contributed by atoms with Crippen LogP contribution in [0, 0.1) is 0 Å². The monoisotopic (exact) mass is 367 g/mol. The minimum atomic E-state index is -0.512. The highest BCUT2D eigenvalue weighted by Crippen LogP contribution is 2.33. The number of amides is 2. The third-order valence-electron chi connectivity index (χ3n) is 5.13. The van der Waals surface area contributed by atoms with Gasteiger partial charge in [0.1, 0.15) is 11.9 Å². The smallest absolute Gasteiger partial charge is 0.262 e. The van der Waals surface area contributed by atoms with Gasteiger partial charge in [-0.1, -0.05) is 54.6 Å². The van der Waals surface area contributed by atoms with Crippen molar-refractivity contribution in [3.05, 3.63) is 101 Å². The van der Waals surface area contributed by atoms with E-state index in [0.717, 1.165) is 16.6 Å². The highest BCUT2D eigenvalue weighted by atomic mass is 16.2. The van der Waals surface area contributed by atoms with E-state index in [0.29, 0.717) is 23.4 Å². The van der Waals surface area contributed by atoms with Crippen LogP contribution >= 0.6 is 0 Å². The second kappa shape index (κ2) is 6.46. The van der Waals surface area contributed by atoms with Crippen LogP contribution in [0.1, 0.15) is 38.1 Å². The molecule has 2 heterocycles. The number of rotatable bonds is 4. The van der Waals surface area contributed by atoms with Crippen LogP contribution in [0.4, 0.5) is 0 Å². The van der Waals surface area contributed by atoms with E-state index in [1.54, 1.807) is 24.3 Å². The fourth-order valence-corrected chi connectivity index (χ4v) is 3.77. The van der Waals surface area contributed by atoms with E-state index in [1.807, 2.05) is 54.6 Å². The number of imidazole rings is 1. The van der Waals surface area contributed by atoms with Gasteiger partial charge in [0.25, 0.3) is 11.8 Å². The molecular weight excluding hydrogens is 350 g/mol. The molecule has 0 unspecified atom stereocenters. The van der Waals surface area contributed by atoms with Gasteiger partial charge in [-0.05, 0) is 29.8 Å². The van der Waals surface area contributed by atoms with Crippen LogP contribution in [0.25, 0.3) is 11.0 Å². The number of hydrogen-bond acceptors (Lipinski definition) is 3. The van der Waals surface area contributed by atoms with Crippen molar-refractivity contribution in [2.24, 2.45) is 0 Å². The lowest BCUT2D eigenvalue weighted by Gasteiger charge is -2.24. The number of fused-ring (bicyclic) bond motifs is 2. The zero-order chi connectivity index (χ0) is 19.1. The maximum Gasteiger partial charge on any atom is 0.262 e. The highest BCUT2D eigenvalue weighted by molar-refractivity contribution is 6.21. The molecule has 1 aliphatic heterocycles. The maximum atomic E-state index is 13.1. The quantitative estimate of drug-likeness (QED) is 0.551. The van der Waals surface area contributed by atoms with Crippen molar-refractivity contribution in [3.8, 4) is 0 Å². The number of aromatic amines is 1. The number of imide groups is 1. The number of carbonyl (C=O) groups excluding carboxylic acids is 2. The van der Waals surface area contributed by atoms with Crippen LogP contribution in [-0.4, -0.2) is 26.7 Å². The molecule has 0 spiro atoms. The van der Waals surface area contributed by atoms with Crippen LogP contribution in [0.15, 0.2) is 78.9 Å². The Hall–Kier alpha value is -3.73. The second-order valence-electron chi connectivity index (χ2n) is 6.87. The van der Waals surface area contributed by atoms with Gasteiger partial charge in [-0.15, -0.1) is 0 Å². The number of hydrogen-bond donors (Lipinski definition) is 1. The van der Waals surface area contributed by atoms with Crippen molar-refractivity contribution in [1.29, 1.82) is 0 Å². The van der Waals surface area contributed by atoms with E-state index < -0.39 is 6.04 Å². The summed E-state index contributed by atoms with van der Waals surface area (Å²) in [6.45, 7) is 0. The largest absolute Gasteiger partial charge is 0.340 e. The van der Waals surface area contributed by atoms with Crippen molar-refractivity contribution in [1.82, 2.24) is 14.9 Å². The van der Waals surface area contributed by atoms with Gasteiger partial charge in [0.15, 0.2) is 0 Å². The Balaban J connectivity index is 1.62. The molecule has 4 aromatic rings. The van der Waals surface area contributed by atoms with Gasteiger partial charge in [-0.3, -0.25) is 14.5 Å². The molecule has 2 amide bonds. The van der Waals surface area contributed by atoms with Crippen molar-refractivity contribution >= 4 is 22.8 Å². The van der Waals surface area contributed by atoms with Gasteiger partial charge in [0.2, 0.25) is 0 Å². The van der Waals surface area contributed by atoms with E-state index in [-0.39, 0.29) is 11.8 Å². The number of carbonyl (C=O) groups is 2. The Morgan fingerprint density at radius 3 is 2.07 bits per heavy atom. The number of para-hydroxylation sites is 2. The van der Waals surface area contributed by atoms with E-state index in [2.05, 4.69) is 9.97 Å². The molecule has 1 atom stereocenters. The minimum absolute atomic E-state index is 0.276. The molecule has 0 saturated heterocycles. The molecule has 28 heavy (non-hydrogen) atoms. The Kier molecular flexibility index (Phi) is 3.79. The third-order valence-corrected chi connectivity index (χ3v) is 5.13. The molecule has 1 N–H and O–H groups in total. The first kappa shape index (κ1) is 16.4. The second-order valence-corrected chi connectivity index (χ2v) is 6.87. The van der Waals surface area contributed by atoms with Gasteiger partial charge in [0.05, 0.1) is 22.2 Å². The lowest BCUT2D eigenvalue weighted by molar-refractivity contribution is 0.0575. The van der Waals surface area contributed by atoms with Crippen LogP contribution in [0.3, 0.4) is 0 Å². The number of aromatic nitrogens is 2. The summed E-state index contributed by atoms with van der Waals surface area (Å²) in [6, 6.07) is 24.0. The molecule has 136 valence electrons. The van der Waals surface area contributed by atoms with Crippen molar-refractivity contribution in [3.63, 3.8) is 0 Å². The van der Waals surface area contributed by atoms with E-state index in [4.69, 9.17) is 0 Å². The number of H-pyrrole nitrogens is 1. The maximum absolute atomic E-state index is 13.1. The summed E-state index contributed by atoms with van der Waals surface area (Å²) >= 11 is 0. The Morgan fingerprint density at radius 2 is 1.39 bits per heavy atom. The van der Waals surface area contributed by atoms with Crippen LogP contribution in [-0.2, 0) is 6.42 Å². The van der Waals surface area contributed by atoms with E-state index >= 15 is 0 Å². The molecule has 5 rings (SSSR count). The standard InChI is InChI=1S/C23H17N3O2/c27-22-16-10-4-5-11-17(16)23(28)26(22)20(14-15-8-2-1-3-9-15)21-24-18-12-6-7-13-19(18)25-21/h1-13,20H,14H2,(H,24,25)/t20-/m0/s1. The lowest BCUT2D eigenvalue weighted by atomic mass is 10.0. The normalized spacial score (nSPS) is 14.5. The topological polar surface area (TPSA) is 66.1 Å². The first-order chi connectivity index (χ1) is 13.7. The fourth-order valence-electron chi connectivity index (χ4n) is 3.77. The van der Waals surface area contributed by atoms with Gasteiger partial charge in [-0.25, -0.2) is 4.98 Å². The Morgan fingerprint density at radius 1 is 0.786 bits per heavy atom. The van der Waals surface area contributed by atoms with Crippen LogP contribution in [0.2, 0.25) is 0 Å². The predicted molar refractivity (Wildman–Crippen MR) is 106 cm³/mol.